The van der Waals surface area contributed by atoms with Crippen LogP contribution in [-0.4, -0.2) is 31.8 Å². The molecule has 2 aromatic carbocycles. The van der Waals surface area contributed by atoms with Crippen molar-refractivity contribution < 1.29 is 22.3 Å². The van der Waals surface area contributed by atoms with E-state index in [1.54, 1.807) is 0 Å². The zero-order valence-corrected chi connectivity index (χ0v) is 17.1. The zero-order chi connectivity index (χ0) is 20.5. The van der Waals surface area contributed by atoms with Crippen LogP contribution in [0, 0.1) is 32.5 Å². The van der Waals surface area contributed by atoms with Crippen LogP contribution >= 0.6 is 0 Å². The molecule has 1 fully saturated rings. The van der Waals surface area contributed by atoms with Crippen LogP contribution in [-0.2, 0) is 14.8 Å². The van der Waals surface area contributed by atoms with Gasteiger partial charge in [-0.2, -0.15) is 4.31 Å². The molecule has 0 aromatic heterocycles. The van der Waals surface area contributed by atoms with Crippen LogP contribution in [0.3, 0.4) is 0 Å². The van der Waals surface area contributed by atoms with Gasteiger partial charge in [-0.3, -0.25) is 4.79 Å². The van der Waals surface area contributed by atoms with Crippen LogP contribution in [0.5, 0.6) is 5.75 Å². The van der Waals surface area contributed by atoms with Gasteiger partial charge in [-0.25, -0.2) is 12.8 Å². The maximum Gasteiger partial charge on any atom is 0.314 e. The molecule has 0 atom stereocenters. The molecule has 0 radical (unpaired) electrons. The lowest BCUT2D eigenvalue weighted by atomic mass is 9.98. The molecule has 2 aromatic rings. The van der Waals surface area contributed by atoms with Crippen molar-refractivity contribution in [2.45, 2.75) is 38.5 Å². The summed E-state index contributed by atoms with van der Waals surface area (Å²) in [4.78, 5) is 12.6. The number of benzene rings is 2. The lowest BCUT2D eigenvalue weighted by molar-refractivity contribution is -0.140. The Morgan fingerprint density at radius 1 is 1.07 bits per heavy atom. The van der Waals surface area contributed by atoms with Crippen LogP contribution < -0.4 is 4.74 Å². The van der Waals surface area contributed by atoms with E-state index < -0.39 is 15.8 Å². The van der Waals surface area contributed by atoms with Crippen LogP contribution in [0.2, 0.25) is 0 Å². The van der Waals surface area contributed by atoms with Gasteiger partial charge in [0, 0.05) is 13.1 Å². The summed E-state index contributed by atoms with van der Waals surface area (Å²) in [5.41, 5.74) is 3.00. The van der Waals surface area contributed by atoms with E-state index in [2.05, 4.69) is 0 Å². The van der Waals surface area contributed by atoms with Gasteiger partial charge in [0.25, 0.3) is 0 Å². The predicted octanol–water partition coefficient (Wildman–Crippen LogP) is 3.76. The maximum atomic E-state index is 13.1. The minimum absolute atomic E-state index is 0.0563. The second kappa shape index (κ2) is 8.01. The molecule has 0 N–H and O–H groups in total. The topological polar surface area (TPSA) is 63.7 Å². The first-order chi connectivity index (χ1) is 13.2. The molecule has 0 unspecified atom stereocenters. The summed E-state index contributed by atoms with van der Waals surface area (Å²) in [5, 5.41) is 0. The average molecular weight is 405 g/mol. The molecule has 0 bridgehead atoms. The molecular weight excluding hydrogens is 381 g/mol. The van der Waals surface area contributed by atoms with Crippen LogP contribution in [0.15, 0.2) is 41.3 Å². The minimum atomic E-state index is -3.69. The number of carbonyl (C=O) groups excluding carboxylic acids is 1. The average Bonchev–Trinajstić information content (AvgIpc) is 2.66. The molecule has 7 heteroatoms. The zero-order valence-electron chi connectivity index (χ0n) is 16.2. The molecule has 0 aliphatic carbocycles. The second-order valence-electron chi connectivity index (χ2n) is 7.26. The Hall–Kier alpha value is -2.25. The molecule has 1 saturated heterocycles. The Kier molecular flexibility index (Phi) is 5.86. The highest BCUT2D eigenvalue weighted by atomic mass is 32.2. The van der Waals surface area contributed by atoms with Gasteiger partial charge in [-0.05, 0) is 80.6 Å². The summed E-state index contributed by atoms with van der Waals surface area (Å²) in [6.07, 6.45) is 0.784. The van der Waals surface area contributed by atoms with Crippen molar-refractivity contribution in [1.29, 1.82) is 0 Å². The van der Waals surface area contributed by atoms with Crippen LogP contribution in [0.1, 0.15) is 29.5 Å². The van der Waals surface area contributed by atoms with E-state index in [0.29, 0.717) is 18.6 Å². The number of halogens is 1. The van der Waals surface area contributed by atoms with Gasteiger partial charge in [0.15, 0.2) is 0 Å². The quantitative estimate of drug-likeness (QED) is 0.574. The van der Waals surface area contributed by atoms with Gasteiger partial charge in [-0.15, -0.1) is 0 Å². The first-order valence-corrected chi connectivity index (χ1v) is 10.7. The fraction of sp³-hybridized carbons (Fsp3) is 0.381. The third kappa shape index (κ3) is 4.25. The number of sulfonamides is 1. The summed E-state index contributed by atoms with van der Waals surface area (Å²) in [6.45, 7) is 6.28. The third-order valence-electron chi connectivity index (χ3n) is 5.21. The molecule has 1 aliphatic heterocycles. The number of nitrogens with zero attached hydrogens (tertiary/aromatic N) is 1. The van der Waals surface area contributed by atoms with Crippen LogP contribution in [0.25, 0.3) is 0 Å². The molecule has 0 saturated carbocycles. The Labute approximate surface area is 165 Å². The lowest BCUT2D eigenvalue weighted by Gasteiger charge is -2.30. The number of hydrogen-bond donors (Lipinski definition) is 0. The van der Waals surface area contributed by atoms with E-state index >= 15 is 0 Å². The van der Waals surface area contributed by atoms with E-state index in [4.69, 9.17) is 4.74 Å². The van der Waals surface area contributed by atoms with Crippen molar-refractivity contribution >= 4 is 16.0 Å². The largest absolute Gasteiger partial charge is 0.426 e. The van der Waals surface area contributed by atoms with Crippen molar-refractivity contribution in [3.8, 4) is 5.75 Å². The molecular formula is C21H24FNO4S. The minimum Gasteiger partial charge on any atom is -0.426 e. The maximum absolute atomic E-state index is 13.1. The highest BCUT2D eigenvalue weighted by Crippen LogP contribution is 2.28. The van der Waals surface area contributed by atoms with Gasteiger partial charge >= 0.3 is 5.97 Å². The Bertz CT molecular complexity index is 978. The van der Waals surface area contributed by atoms with Gasteiger partial charge in [0.2, 0.25) is 10.0 Å². The van der Waals surface area contributed by atoms with Crippen molar-refractivity contribution in [3.63, 3.8) is 0 Å². The summed E-state index contributed by atoms with van der Waals surface area (Å²) < 4.78 is 45.4. The Balaban J connectivity index is 1.65. The van der Waals surface area contributed by atoms with Gasteiger partial charge in [0.1, 0.15) is 11.6 Å². The summed E-state index contributed by atoms with van der Waals surface area (Å²) in [6, 6.07) is 8.65. The van der Waals surface area contributed by atoms with E-state index in [0.717, 1.165) is 28.8 Å². The monoisotopic (exact) mass is 405 g/mol. The van der Waals surface area contributed by atoms with Crippen molar-refractivity contribution in [2.24, 2.45) is 5.92 Å². The van der Waals surface area contributed by atoms with E-state index in [-0.39, 0.29) is 29.9 Å². The summed E-state index contributed by atoms with van der Waals surface area (Å²) in [5.74, 6) is -0.599. The number of piperidine rings is 1. The lowest BCUT2D eigenvalue weighted by Crippen LogP contribution is -2.41. The first kappa shape index (κ1) is 20.5. The number of carbonyl (C=O) groups is 1. The van der Waals surface area contributed by atoms with Gasteiger partial charge in [0.05, 0.1) is 10.8 Å². The van der Waals surface area contributed by atoms with Crippen molar-refractivity contribution in [3.05, 3.63) is 58.9 Å². The van der Waals surface area contributed by atoms with E-state index in [1.807, 2.05) is 32.9 Å². The van der Waals surface area contributed by atoms with Crippen molar-refractivity contribution in [2.75, 3.05) is 13.1 Å². The normalized spacial score (nSPS) is 16.1. The van der Waals surface area contributed by atoms with Gasteiger partial charge < -0.3 is 4.74 Å². The molecule has 28 heavy (non-hydrogen) atoms. The fourth-order valence-electron chi connectivity index (χ4n) is 3.39. The number of rotatable bonds is 4. The Morgan fingerprint density at radius 3 is 2.29 bits per heavy atom. The molecule has 1 aliphatic rings. The number of aryl methyl sites for hydroxylation is 2. The Morgan fingerprint density at radius 2 is 1.68 bits per heavy atom. The highest BCUT2D eigenvalue weighted by molar-refractivity contribution is 7.89. The smallest absolute Gasteiger partial charge is 0.314 e. The van der Waals surface area contributed by atoms with Crippen molar-refractivity contribution in [1.82, 2.24) is 4.31 Å². The molecule has 150 valence electrons. The fourth-order valence-corrected chi connectivity index (χ4v) is 4.86. The third-order valence-corrected chi connectivity index (χ3v) is 7.13. The summed E-state index contributed by atoms with van der Waals surface area (Å²) in [7, 11) is -3.69. The van der Waals surface area contributed by atoms with Gasteiger partial charge in [-0.1, -0.05) is 6.07 Å². The predicted molar refractivity (Wildman–Crippen MR) is 104 cm³/mol. The molecule has 0 spiro atoms. The standard InChI is InChI=1S/C21H24FNO4S/c1-14-12-15(2)16(3)20(13-14)27-21(24)17-8-10-23(11-9-17)28(25,26)19-6-4-18(22)5-7-19/h4-7,12-13,17H,8-11H2,1-3H3. The summed E-state index contributed by atoms with van der Waals surface area (Å²) >= 11 is 0. The van der Waals surface area contributed by atoms with E-state index in [9.17, 15) is 17.6 Å². The molecule has 3 rings (SSSR count). The molecule has 1 heterocycles. The number of hydrogen-bond acceptors (Lipinski definition) is 4. The molecule has 0 amide bonds. The first-order valence-electron chi connectivity index (χ1n) is 9.24. The molecule has 5 nitrogen and oxygen atoms in total. The van der Waals surface area contributed by atoms with Crippen LogP contribution in [0.4, 0.5) is 4.39 Å². The SMILES string of the molecule is Cc1cc(C)c(C)c(OC(=O)C2CCN(S(=O)(=O)c3ccc(F)cc3)CC2)c1. The van der Waals surface area contributed by atoms with E-state index in [1.165, 1.54) is 16.4 Å². The number of ether oxygens (including phenoxy) is 1. The highest BCUT2D eigenvalue weighted by Gasteiger charge is 2.33. The second-order valence-corrected chi connectivity index (χ2v) is 9.20. The number of esters is 1.